The highest BCUT2D eigenvalue weighted by Gasteiger charge is 2.25. The molecule has 138 valence electrons. The molecule has 0 aliphatic carbocycles. The van der Waals surface area contributed by atoms with E-state index in [0.29, 0.717) is 6.42 Å². The summed E-state index contributed by atoms with van der Waals surface area (Å²) in [6, 6.07) is 6.87. The number of hydrogen-bond acceptors (Lipinski definition) is 2. The van der Waals surface area contributed by atoms with Gasteiger partial charge in [-0.1, -0.05) is 30.7 Å². The average Bonchev–Trinajstić information content (AvgIpc) is 3.05. The minimum atomic E-state index is 0.237. The van der Waals surface area contributed by atoms with Crippen molar-refractivity contribution in [1.82, 2.24) is 15.5 Å². The molecule has 2 N–H and O–H groups in total. The molecule has 0 aromatic heterocycles. The number of aryl methyl sites for hydroxylation is 2. The molecule has 1 heterocycles. The summed E-state index contributed by atoms with van der Waals surface area (Å²) in [5.41, 5.74) is 3.98. The van der Waals surface area contributed by atoms with Crippen LogP contribution in [0.5, 0.6) is 0 Å². The Bertz CT molecular complexity index is 612. The molecule has 1 fully saturated rings. The lowest BCUT2D eigenvalue weighted by Crippen LogP contribution is -2.45. The predicted octanol–water partition coefficient (Wildman–Crippen LogP) is 2.41. The summed E-state index contributed by atoms with van der Waals surface area (Å²) in [5.74, 6) is 1.09. The minimum Gasteiger partial charge on any atom is -0.357 e. The number of rotatable bonds is 6. The Morgan fingerprint density at radius 2 is 2.12 bits per heavy atom. The van der Waals surface area contributed by atoms with Crippen LogP contribution in [0.25, 0.3) is 0 Å². The highest BCUT2D eigenvalue weighted by Crippen LogP contribution is 2.12. The van der Waals surface area contributed by atoms with Gasteiger partial charge < -0.3 is 15.5 Å². The van der Waals surface area contributed by atoms with Crippen LogP contribution in [0.15, 0.2) is 23.2 Å². The van der Waals surface area contributed by atoms with Crippen LogP contribution in [0.4, 0.5) is 0 Å². The topological polar surface area (TPSA) is 56.7 Å². The van der Waals surface area contributed by atoms with Crippen molar-refractivity contribution in [2.75, 3.05) is 26.2 Å². The van der Waals surface area contributed by atoms with Crippen molar-refractivity contribution in [1.29, 1.82) is 0 Å². The number of likely N-dealkylation sites (tertiary alicyclic amines) is 1. The number of amides is 1. The summed E-state index contributed by atoms with van der Waals surface area (Å²) in [7, 11) is 0. The number of aliphatic imine (C=N–C) groups is 1. The van der Waals surface area contributed by atoms with Crippen molar-refractivity contribution in [2.45, 2.75) is 53.0 Å². The zero-order valence-corrected chi connectivity index (χ0v) is 16.1. The zero-order valence-electron chi connectivity index (χ0n) is 16.1. The fourth-order valence-corrected chi connectivity index (χ4v) is 3.26. The molecular formula is C20H32N4O. The number of nitrogens with zero attached hydrogens (tertiary/aromatic N) is 2. The molecule has 1 unspecified atom stereocenters. The van der Waals surface area contributed by atoms with Crippen molar-refractivity contribution in [3.63, 3.8) is 0 Å². The first-order valence-electron chi connectivity index (χ1n) is 9.42. The Kier molecular flexibility index (Phi) is 7.29. The minimum absolute atomic E-state index is 0.237. The van der Waals surface area contributed by atoms with Crippen LogP contribution in [-0.4, -0.2) is 49.0 Å². The first-order chi connectivity index (χ1) is 12.0. The maximum atomic E-state index is 11.8. The van der Waals surface area contributed by atoms with Crippen LogP contribution in [0.2, 0.25) is 0 Å². The molecule has 1 aromatic carbocycles. The van der Waals surface area contributed by atoms with Gasteiger partial charge in [-0.15, -0.1) is 0 Å². The number of carbonyl (C=O) groups excluding carboxylic acids is 1. The van der Waals surface area contributed by atoms with E-state index in [2.05, 4.69) is 49.6 Å². The van der Waals surface area contributed by atoms with Crippen LogP contribution < -0.4 is 10.6 Å². The number of hydrogen-bond donors (Lipinski definition) is 2. The van der Waals surface area contributed by atoms with E-state index in [1.54, 1.807) is 0 Å². The van der Waals surface area contributed by atoms with Gasteiger partial charge in [0.2, 0.25) is 5.91 Å². The van der Waals surface area contributed by atoms with Crippen molar-refractivity contribution in [3.05, 3.63) is 34.9 Å². The fraction of sp³-hybridized carbons (Fsp3) is 0.600. The van der Waals surface area contributed by atoms with Gasteiger partial charge in [0, 0.05) is 38.6 Å². The number of carbonyl (C=O) groups is 1. The highest BCUT2D eigenvalue weighted by atomic mass is 16.2. The molecule has 5 nitrogen and oxygen atoms in total. The highest BCUT2D eigenvalue weighted by molar-refractivity contribution is 5.80. The Morgan fingerprint density at radius 1 is 1.32 bits per heavy atom. The van der Waals surface area contributed by atoms with E-state index in [-0.39, 0.29) is 11.9 Å². The standard InChI is InChI=1S/C20H32N4O/c1-5-19(25)24-12-10-18(14-24)23-20(21-6-2)22-11-9-17-8-7-15(3)13-16(17)4/h7-8,13,18H,5-6,9-12,14H2,1-4H3,(H2,21,22,23). The van der Waals surface area contributed by atoms with Gasteiger partial charge >= 0.3 is 0 Å². The molecule has 1 aliphatic rings. The van der Waals surface area contributed by atoms with Crippen LogP contribution >= 0.6 is 0 Å². The maximum Gasteiger partial charge on any atom is 0.222 e. The summed E-state index contributed by atoms with van der Waals surface area (Å²) >= 11 is 0. The van der Waals surface area contributed by atoms with Crippen molar-refractivity contribution < 1.29 is 4.79 Å². The Labute approximate surface area is 151 Å². The van der Waals surface area contributed by atoms with E-state index in [4.69, 9.17) is 4.99 Å². The molecule has 5 heteroatoms. The summed E-state index contributed by atoms with van der Waals surface area (Å²) < 4.78 is 0. The molecule has 1 amide bonds. The van der Waals surface area contributed by atoms with E-state index in [0.717, 1.165) is 45.0 Å². The second kappa shape index (κ2) is 9.44. The number of benzene rings is 1. The normalized spacial score (nSPS) is 17.7. The van der Waals surface area contributed by atoms with E-state index in [9.17, 15) is 4.79 Å². The SMILES string of the molecule is CCNC(=NCCc1ccc(C)cc1C)NC1CCN(C(=O)CC)C1. The lowest BCUT2D eigenvalue weighted by atomic mass is 10.0. The molecule has 0 saturated carbocycles. The third-order valence-electron chi connectivity index (χ3n) is 4.68. The largest absolute Gasteiger partial charge is 0.357 e. The van der Waals surface area contributed by atoms with Crippen LogP contribution in [0, 0.1) is 13.8 Å². The third-order valence-corrected chi connectivity index (χ3v) is 4.68. The van der Waals surface area contributed by atoms with Crippen molar-refractivity contribution in [3.8, 4) is 0 Å². The van der Waals surface area contributed by atoms with Gasteiger partial charge in [0.15, 0.2) is 5.96 Å². The molecule has 1 saturated heterocycles. The number of guanidine groups is 1. The van der Waals surface area contributed by atoms with Gasteiger partial charge in [-0.2, -0.15) is 0 Å². The summed E-state index contributed by atoms with van der Waals surface area (Å²) in [4.78, 5) is 18.5. The monoisotopic (exact) mass is 344 g/mol. The molecule has 0 spiro atoms. The van der Waals surface area contributed by atoms with Crippen LogP contribution in [0.3, 0.4) is 0 Å². The van der Waals surface area contributed by atoms with Crippen LogP contribution in [0.1, 0.15) is 43.4 Å². The van der Waals surface area contributed by atoms with E-state index in [1.165, 1.54) is 16.7 Å². The Morgan fingerprint density at radius 3 is 2.80 bits per heavy atom. The first-order valence-corrected chi connectivity index (χ1v) is 9.42. The van der Waals surface area contributed by atoms with E-state index >= 15 is 0 Å². The predicted molar refractivity (Wildman–Crippen MR) is 104 cm³/mol. The molecule has 25 heavy (non-hydrogen) atoms. The zero-order chi connectivity index (χ0) is 18.2. The average molecular weight is 345 g/mol. The third kappa shape index (κ3) is 5.76. The Hall–Kier alpha value is -2.04. The van der Waals surface area contributed by atoms with Gasteiger partial charge in [-0.25, -0.2) is 0 Å². The van der Waals surface area contributed by atoms with Gasteiger partial charge in [-0.3, -0.25) is 9.79 Å². The summed E-state index contributed by atoms with van der Waals surface area (Å²) in [5, 5.41) is 6.79. The molecule has 1 aromatic rings. The molecule has 1 aliphatic heterocycles. The quantitative estimate of drug-likeness (QED) is 0.615. The van der Waals surface area contributed by atoms with Crippen LogP contribution in [-0.2, 0) is 11.2 Å². The second-order valence-corrected chi connectivity index (χ2v) is 6.76. The van der Waals surface area contributed by atoms with Gasteiger partial charge in [0.25, 0.3) is 0 Å². The van der Waals surface area contributed by atoms with Crippen molar-refractivity contribution >= 4 is 11.9 Å². The van der Waals surface area contributed by atoms with E-state index < -0.39 is 0 Å². The van der Waals surface area contributed by atoms with Gasteiger partial charge in [0.05, 0.1) is 0 Å². The molecule has 0 radical (unpaired) electrons. The lowest BCUT2D eigenvalue weighted by molar-refractivity contribution is -0.129. The van der Waals surface area contributed by atoms with Gasteiger partial charge in [-0.05, 0) is 44.7 Å². The smallest absolute Gasteiger partial charge is 0.222 e. The maximum absolute atomic E-state index is 11.8. The van der Waals surface area contributed by atoms with E-state index in [1.807, 2.05) is 11.8 Å². The molecular weight excluding hydrogens is 312 g/mol. The molecule has 2 rings (SSSR count). The fourth-order valence-electron chi connectivity index (χ4n) is 3.26. The van der Waals surface area contributed by atoms with Crippen molar-refractivity contribution in [2.24, 2.45) is 4.99 Å². The first kappa shape index (κ1) is 19.3. The molecule has 1 atom stereocenters. The number of nitrogens with one attached hydrogen (secondary N) is 2. The lowest BCUT2D eigenvalue weighted by Gasteiger charge is -2.18. The summed E-state index contributed by atoms with van der Waals surface area (Å²) in [6.45, 7) is 11.5. The molecule has 0 bridgehead atoms. The second-order valence-electron chi connectivity index (χ2n) is 6.76. The Balaban J connectivity index is 1.89. The van der Waals surface area contributed by atoms with Gasteiger partial charge in [0.1, 0.15) is 0 Å². The summed E-state index contributed by atoms with van der Waals surface area (Å²) in [6.07, 6.45) is 2.50.